The van der Waals surface area contributed by atoms with Gasteiger partial charge >= 0.3 is 0 Å². The number of thiazole rings is 1. The lowest BCUT2D eigenvalue weighted by molar-refractivity contribution is 0.131. The normalized spacial score (nSPS) is 31.7. The highest BCUT2D eigenvalue weighted by atomic mass is 32.1. The van der Waals surface area contributed by atoms with Crippen molar-refractivity contribution in [3.05, 3.63) is 15.6 Å². The van der Waals surface area contributed by atoms with Crippen LogP contribution in [0.15, 0.2) is 0 Å². The standard InChI is InChI=1S/C16H27N3S/c1-10(16-11(2)18-12(3)20-16)17-9-13-7-14-5-6-15(8-13)19(14)4/h10,13-15,17H,5-9H2,1-4H3. The SMILES string of the molecule is Cc1nc(C)c(C(C)NCC2CC3CCC(C2)N3C)s1. The molecular formula is C16H27N3S. The van der Waals surface area contributed by atoms with Gasteiger partial charge in [0, 0.05) is 23.0 Å². The minimum absolute atomic E-state index is 0.443. The molecule has 1 N–H and O–H groups in total. The fraction of sp³-hybridized carbons (Fsp3) is 0.812. The predicted octanol–water partition coefficient (Wildman–Crippen LogP) is 3.28. The van der Waals surface area contributed by atoms with Crippen LogP contribution in [0.1, 0.15) is 54.2 Å². The molecule has 2 bridgehead atoms. The number of piperidine rings is 1. The van der Waals surface area contributed by atoms with Crippen molar-refractivity contribution in [1.29, 1.82) is 0 Å². The number of rotatable bonds is 4. The van der Waals surface area contributed by atoms with Gasteiger partial charge in [0.05, 0.1) is 10.7 Å². The maximum atomic E-state index is 4.54. The molecule has 0 radical (unpaired) electrons. The lowest BCUT2D eigenvalue weighted by atomic mass is 9.91. The minimum Gasteiger partial charge on any atom is -0.309 e. The fourth-order valence-electron chi connectivity index (χ4n) is 4.08. The zero-order chi connectivity index (χ0) is 14.3. The Morgan fingerprint density at radius 3 is 2.50 bits per heavy atom. The summed E-state index contributed by atoms with van der Waals surface area (Å²) in [6.45, 7) is 7.68. The van der Waals surface area contributed by atoms with Crippen molar-refractivity contribution >= 4 is 11.3 Å². The molecule has 0 amide bonds. The van der Waals surface area contributed by atoms with Gasteiger partial charge in [0.25, 0.3) is 0 Å². The molecule has 3 rings (SSSR count). The number of nitrogens with one attached hydrogen (secondary N) is 1. The summed E-state index contributed by atoms with van der Waals surface area (Å²) in [5.74, 6) is 0.862. The summed E-state index contributed by atoms with van der Waals surface area (Å²) >= 11 is 1.84. The second-order valence-electron chi connectivity index (χ2n) is 6.70. The third kappa shape index (κ3) is 2.78. The van der Waals surface area contributed by atoms with E-state index in [4.69, 9.17) is 0 Å². The molecule has 0 saturated carbocycles. The van der Waals surface area contributed by atoms with E-state index >= 15 is 0 Å². The first-order chi connectivity index (χ1) is 9.54. The summed E-state index contributed by atoms with van der Waals surface area (Å²) in [5, 5.41) is 4.94. The van der Waals surface area contributed by atoms with Crippen LogP contribution in [0.3, 0.4) is 0 Å². The van der Waals surface area contributed by atoms with Crippen LogP contribution in [0, 0.1) is 19.8 Å². The van der Waals surface area contributed by atoms with Gasteiger partial charge in [-0.15, -0.1) is 11.3 Å². The van der Waals surface area contributed by atoms with Gasteiger partial charge in [-0.1, -0.05) is 0 Å². The summed E-state index contributed by atoms with van der Waals surface area (Å²) in [6.07, 6.45) is 5.60. The molecule has 3 atom stereocenters. The van der Waals surface area contributed by atoms with Crippen LogP contribution in [0.25, 0.3) is 0 Å². The van der Waals surface area contributed by atoms with Crippen molar-refractivity contribution in [3.63, 3.8) is 0 Å². The number of hydrogen-bond donors (Lipinski definition) is 1. The second kappa shape index (κ2) is 5.74. The Balaban J connectivity index is 1.54. The Kier molecular flexibility index (Phi) is 4.16. The molecule has 112 valence electrons. The predicted molar refractivity (Wildman–Crippen MR) is 85.3 cm³/mol. The number of aromatic nitrogens is 1. The third-order valence-corrected chi connectivity index (χ3v) is 6.50. The smallest absolute Gasteiger partial charge is 0.0900 e. The summed E-state index contributed by atoms with van der Waals surface area (Å²) in [4.78, 5) is 8.58. The summed E-state index contributed by atoms with van der Waals surface area (Å²) in [5.41, 5.74) is 1.20. The minimum atomic E-state index is 0.443. The van der Waals surface area contributed by atoms with Gasteiger partial charge < -0.3 is 10.2 Å². The largest absolute Gasteiger partial charge is 0.309 e. The van der Waals surface area contributed by atoms with Crippen molar-refractivity contribution in [1.82, 2.24) is 15.2 Å². The topological polar surface area (TPSA) is 28.2 Å². The maximum Gasteiger partial charge on any atom is 0.0900 e. The molecule has 1 aromatic heterocycles. The van der Waals surface area contributed by atoms with E-state index in [1.807, 2.05) is 11.3 Å². The van der Waals surface area contributed by atoms with Gasteiger partial charge in [-0.25, -0.2) is 4.98 Å². The average molecular weight is 293 g/mol. The molecule has 1 aromatic rings. The molecule has 2 saturated heterocycles. The first kappa shape index (κ1) is 14.5. The molecular weight excluding hydrogens is 266 g/mol. The molecule has 2 fully saturated rings. The molecule has 2 aliphatic rings. The van der Waals surface area contributed by atoms with Crippen LogP contribution in [0.4, 0.5) is 0 Å². The van der Waals surface area contributed by atoms with Crippen molar-refractivity contribution in [2.24, 2.45) is 5.92 Å². The number of nitrogens with zero attached hydrogens (tertiary/aromatic N) is 2. The molecule has 0 aromatic carbocycles. The van der Waals surface area contributed by atoms with Crippen LogP contribution < -0.4 is 5.32 Å². The second-order valence-corrected chi connectivity index (χ2v) is 7.94. The van der Waals surface area contributed by atoms with E-state index in [0.29, 0.717) is 6.04 Å². The van der Waals surface area contributed by atoms with Crippen molar-refractivity contribution in [2.75, 3.05) is 13.6 Å². The lowest BCUT2D eigenvalue weighted by Crippen LogP contribution is -2.42. The lowest BCUT2D eigenvalue weighted by Gasteiger charge is -2.36. The summed E-state index contributed by atoms with van der Waals surface area (Å²) in [6, 6.07) is 2.14. The zero-order valence-corrected chi connectivity index (χ0v) is 14.0. The van der Waals surface area contributed by atoms with Gasteiger partial charge in [0.2, 0.25) is 0 Å². The Morgan fingerprint density at radius 2 is 1.95 bits per heavy atom. The number of fused-ring (bicyclic) bond motifs is 2. The molecule has 4 heteroatoms. The molecule has 0 aliphatic carbocycles. The van der Waals surface area contributed by atoms with Gasteiger partial charge in [0.1, 0.15) is 0 Å². The van der Waals surface area contributed by atoms with Gasteiger partial charge in [0.15, 0.2) is 0 Å². The Bertz CT molecular complexity index is 456. The summed E-state index contributed by atoms with van der Waals surface area (Å²) < 4.78 is 0. The highest BCUT2D eigenvalue weighted by Crippen LogP contribution is 2.37. The molecule has 2 aliphatic heterocycles. The Labute approximate surface area is 126 Å². The monoisotopic (exact) mass is 293 g/mol. The zero-order valence-electron chi connectivity index (χ0n) is 13.1. The van der Waals surface area contributed by atoms with Crippen LogP contribution in [-0.4, -0.2) is 35.6 Å². The highest BCUT2D eigenvalue weighted by molar-refractivity contribution is 7.11. The van der Waals surface area contributed by atoms with Gasteiger partial charge in [-0.05, 0) is 66.0 Å². The van der Waals surface area contributed by atoms with Crippen LogP contribution in [0.5, 0.6) is 0 Å². The number of aryl methyl sites for hydroxylation is 2. The first-order valence-electron chi connectivity index (χ1n) is 7.94. The van der Waals surface area contributed by atoms with E-state index in [2.05, 4.69) is 43.0 Å². The van der Waals surface area contributed by atoms with Crippen LogP contribution >= 0.6 is 11.3 Å². The van der Waals surface area contributed by atoms with E-state index < -0.39 is 0 Å². The summed E-state index contributed by atoms with van der Waals surface area (Å²) in [7, 11) is 2.32. The fourth-order valence-corrected chi connectivity index (χ4v) is 5.03. The first-order valence-corrected chi connectivity index (χ1v) is 8.75. The Morgan fingerprint density at radius 1 is 1.30 bits per heavy atom. The maximum absolute atomic E-state index is 4.54. The molecule has 0 spiro atoms. The van der Waals surface area contributed by atoms with E-state index in [9.17, 15) is 0 Å². The quantitative estimate of drug-likeness (QED) is 0.923. The van der Waals surface area contributed by atoms with E-state index in [0.717, 1.165) is 18.0 Å². The van der Waals surface area contributed by atoms with E-state index in [1.54, 1.807) is 0 Å². The average Bonchev–Trinajstić information content (AvgIpc) is 2.83. The molecule has 3 nitrogen and oxygen atoms in total. The van der Waals surface area contributed by atoms with E-state index in [1.165, 1.54) is 47.8 Å². The third-order valence-electron chi connectivity index (χ3n) is 5.24. The Hall–Kier alpha value is -0.450. The van der Waals surface area contributed by atoms with Gasteiger partial charge in [-0.3, -0.25) is 0 Å². The van der Waals surface area contributed by atoms with Crippen molar-refractivity contribution in [2.45, 2.75) is 64.6 Å². The van der Waals surface area contributed by atoms with Crippen LogP contribution in [-0.2, 0) is 0 Å². The molecule has 3 heterocycles. The van der Waals surface area contributed by atoms with E-state index in [-0.39, 0.29) is 0 Å². The van der Waals surface area contributed by atoms with Gasteiger partial charge in [-0.2, -0.15) is 0 Å². The van der Waals surface area contributed by atoms with Crippen molar-refractivity contribution < 1.29 is 0 Å². The van der Waals surface area contributed by atoms with Crippen molar-refractivity contribution in [3.8, 4) is 0 Å². The van der Waals surface area contributed by atoms with Crippen LogP contribution in [0.2, 0.25) is 0 Å². The number of hydrogen-bond acceptors (Lipinski definition) is 4. The molecule has 20 heavy (non-hydrogen) atoms. The highest BCUT2D eigenvalue weighted by Gasteiger charge is 2.38. The molecule has 3 unspecified atom stereocenters.